The van der Waals surface area contributed by atoms with Gasteiger partial charge in [-0.3, -0.25) is 0 Å². The molecule has 0 aliphatic rings. The molecule has 0 spiro atoms. The first-order valence-electron chi connectivity index (χ1n) is 7.45. The Bertz CT molecular complexity index is 614. The summed E-state index contributed by atoms with van der Waals surface area (Å²) in [5, 5.41) is 12.1. The number of sulfonamides is 1. The minimum atomic E-state index is -3.77. The lowest BCUT2D eigenvalue weighted by Crippen LogP contribution is -2.32. The molecule has 1 atom stereocenters. The number of nitrogens with one attached hydrogen (secondary N) is 2. The van der Waals surface area contributed by atoms with Gasteiger partial charge in [0.05, 0.1) is 11.3 Å². The number of carboxylic acid groups (broad SMARTS) is 1. The molecule has 3 N–H and O–H groups in total. The fourth-order valence-corrected chi connectivity index (χ4v) is 3.37. The van der Waals surface area contributed by atoms with Crippen LogP contribution < -0.4 is 10.0 Å². The van der Waals surface area contributed by atoms with Crippen molar-refractivity contribution in [3.05, 3.63) is 23.8 Å². The summed E-state index contributed by atoms with van der Waals surface area (Å²) in [6, 6.07) is 3.88. The van der Waals surface area contributed by atoms with Crippen molar-refractivity contribution in [1.82, 2.24) is 4.72 Å². The third-order valence-corrected chi connectivity index (χ3v) is 4.96. The number of hydrogen-bond acceptors (Lipinski definition) is 4. The number of hydrogen-bond donors (Lipinski definition) is 3. The van der Waals surface area contributed by atoms with Crippen molar-refractivity contribution in [2.24, 2.45) is 0 Å². The SMILES string of the molecule is CCCCNc1ccc(C(=O)O)cc1S(=O)(=O)N[C@H](C)CC. The van der Waals surface area contributed by atoms with Crippen LogP contribution in [0.2, 0.25) is 0 Å². The van der Waals surface area contributed by atoms with Crippen molar-refractivity contribution < 1.29 is 18.3 Å². The number of benzene rings is 1. The summed E-state index contributed by atoms with van der Waals surface area (Å²) in [7, 11) is -3.77. The van der Waals surface area contributed by atoms with E-state index < -0.39 is 16.0 Å². The Morgan fingerprint density at radius 1 is 1.32 bits per heavy atom. The van der Waals surface area contributed by atoms with Gasteiger partial charge in [0.15, 0.2) is 0 Å². The predicted molar refractivity (Wildman–Crippen MR) is 86.9 cm³/mol. The van der Waals surface area contributed by atoms with Crippen LogP contribution in [0, 0.1) is 0 Å². The summed E-state index contributed by atoms with van der Waals surface area (Å²) in [5.74, 6) is -1.15. The zero-order chi connectivity index (χ0) is 16.8. The lowest BCUT2D eigenvalue weighted by molar-refractivity contribution is 0.0696. The first-order valence-corrected chi connectivity index (χ1v) is 8.93. The molecule has 0 saturated heterocycles. The normalized spacial score (nSPS) is 12.9. The van der Waals surface area contributed by atoms with Crippen LogP contribution in [0.1, 0.15) is 50.4 Å². The van der Waals surface area contributed by atoms with Crippen LogP contribution in [0.4, 0.5) is 5.69 Å². The number of unbranched alkanes of at least 4 members (excludes halogenated alkanes) is 1. The molecule has 0 aliphatic carbocycles. The van der Waals surface area contributed by atoms with E-state index in [-0.39, 0.29) is 16.5 Å². The fraction of sp³-hybridized carbons (Fsp3) is 0.533. The highest BCUT2D eigenvalue weighted by atomic mass is 32.2. The summed E-state index contributed by atoms with van der Waals surface area (Å²) in [6.45, 7) is 6.32. The molecule has 0 saturated carbocycles. The molecular formula is C15H24N2O4S. The van der Waals surface area contributed by atoms with Crippen molar-refractivity contribution in [2.75, 3.05) is 11.9 Å². The Kier molecular flexibility index (Phi) is 6.83. The Morgan fingerprint density at radius 3 is 2.55 bits per heavy atom. The van der Waals surface area contributed by atoms with Gasteiger partial charge < -0.3 is 10.4 Å². The first-order chi connectivity index (χ1) is 10.3. The minimum absolute atomic E-state index is 0.0243. The Balaban J connectivity index is 3.21. The molecule has 1 aromatic carbocycles. The topological polar surface area (TPSA) is 95.5 Å². The van der Waals surface area contributed by atoms with Crippen molar-refractivity contribution >= 4 is 21.7 Å². The van der Waals surface area contributed by atoms with Gasteiger partial charge in [-0.2, -0.15) is 0 Å². The molecule has 0 fully saturated rings. The minimum Gasteiger partial charge on any atom is -0.478 e. The van der Waals surface area contributed by atoms with E-state index in [1.54, 1.807) is 6.92 Å². The summed E-state index contributed by atoms with van der Waals surface area (Å²) in [5.41, 5.74) is 0.375. The molecular weight excluding hydrogens is 304 g/mol. The summed E-state index contributed by atoms with van der Waals surface area (Å²) < 4.78 is 27.5. The number of aromatic carboxylic acids is 1. The van der Waals surface area contributed by atoms with E-state index in [9.17, 15) is 13.2 Å². The molecule has 22 heavy (non-hydrogen) atoms. The second kappa shape index (κ2) is 8.14. The summed E-state index contributed by atoms with van der Waals surface area (Å²) in [4.78, 5) is 11.1. The quantitative estimate of drug-likeness (QED) is 0.606. The van der Waals surface area contributed by atoms with Gasteiger partial charge in [0.1, 0.15) is 4.90 Å². The van der Waals surface area contributed by atoms with Gasteiger partial charge in [0, 0.05) is 12.6 Å². The van der Waals surface area contributed by atoms with Crippen molar-refractivity contribution in [3.63, 3.8) is 0 Å². The van der Waals surface area contributed by atoms with E-state index in [4.69, 9.17) is 5.11 Å². The highest BCUT2D eigenvalue weighted by molar-refractivity contribution is 7.89. The molecule has 0 unspecified atom stereocenters. The molecule has 0 aromatic heterocycles. The fourth-order valence-electron chi connectivity index (χ4n) is 1.84. The van der Waals surface area contributed by atoms with E-state index in [0.717, 1.165) is 12.8 Å². The molecule has 0 bridgehead atoms. The second-order valence-electron chi connectivity index (χ2n) is 5.23. The van der Waals surface area contributed by atoms with Crippen molar-refractivity contribution in [3.8, 4) is 0 Å². The largest absolute Gasteiger partial charge is 0.478 e. The molecule has 6 nitrogen and oxygen atoms in total. The van der Waals surface area contributed by atoms with Gasteiger partial charge in [-0.1, -0.05) is 20.3 Å². The van der Waals surface area contributed by atoms with E-state index in [0.29, 0.717) is 18.7 Å². The molecule has 1 rings (SSSR count). The highest BCUT2D eigenvalue weighted by Crippen LogP contribution is 2.23. The van der Waals surface area contributed by atoms with E-state index in [1.165, 1.54) is 18.2 Å². The number of carbonyl (C=O) groups is 1. The second-order valence-corrected chi connectivity index (χ2v) is 6.91. The van der Waals surface area contributed by atoms with E-state index in [2.05, 4.69) is 10.0 Å². The zero-order valence-electron chi connectivity index (χ0n) is 13.2. The molecule has 0 aliphatic heterocycles. The van der Waals surface area contributed by atoms with Gasteiger partial charge in [-0.05, 0) is 38.0 Å². The van der Waals surface area contributed by atoms with Crippen LogP contribution >= 0.6 is 0 Å². The molecule has 1 aromatic rings. The number of anilines is 1. The first kappa shape index (κ1) is 18.4. The van der Waals surface area contributed by atoms with Crippen LogP contribution in [-0.2, 0) is 10.0 Å². The Labute approximate surface area is 132 Å². The predicted octanol–water partition coefficient (Wildman–Crippen LogP) is 2.67. The maximum Gasteiger partial charge on any atom is 0.335 e. The Hall–Kier alpha value is -1.60. The van der Waals surface area contributed by atoms with Crippen LogP contribution in [0.3, 0.4) is 0 Å². The van der Waals surface area contributed by atoms with Gasteiger partial charge in [0.25, 0.3) is 0 Å². The standard InChI is InChI=1S/C15H24N2O4S/c1-4-6-9-16-13-8-7-12(15(18)19)10-14(13)22(20,21)17-11(3)5-2/h7-8,10-11,16-17H,4-6,9H2,1-3H3,(H,18,19)/t11-/m1/s1. The number of carboxylic acids is 1. The molecule has 7 heteroatoms. The van der Waals surface area contributed by atoms with Crippen molar-refractivity contribution in [2.45, 2.75) is 51.0 Å². The lowest BCUT2D eigenvalue weighted by Gasteiger charge is -2.16. The van der Waals surface area contributed by atoms with Crippen LogP contribution in [0.5, 0.6) is 0 Å². The van der Waals surface area contributed by atoms with Crippen LogP contribution in [0.25, 0.3) is 0 Å². The van der Waals surface area contributed by atoms with Gasteiger partial charge in [-0.15, -0.1) is 0 Å². The lowest BCUT2D eigenvalue weighted by atomic mass is 10.2. The van der Waals surface area contributed by atoms with Crippen molar-refractivity contribution in [1.29, 1.82) is 0 Å². The monoisotopic (exact) mass is 328 g/mol. The average molecular weight is 328 g/mol. The highest BCUT2D eigenvalue weighted by Gasteiger charge is 2.22. The molecule has 0 heterocycles. The van der Waals surface area contributed by atoms with E-state index in [1.807, 2.05) is 13.8 Å². The third-order valence-electron chi connectivity index (χ3n) is 3.33. The maximum absolute atomic E-state index is 12.5. The summed E-state index contributed by atoms with van der Waals surface area (Å²) in [6.07, 6.45) is 2.53. The average Bonchev–Trinajstić information content (AvgIpc) is 2.46. The Morgan fingerprint density at radius 2 is 2.00 bits per heavy atom. The zero-order valence-corrected chi connectivity index (χ0v) is 14.0. The van der Waals surface area contributed by atoms with Gasteiger partial charge >= 0.3 is 5.97 Å². The van der Waals surface area contributed by atoms with Gasteiger partial charge in [0.2, 0.25) is 10.0 Å². The smallest absolute Gasteiger partial charge is 0.335 e. The van der Waals surface area contributed by atoms with Gasteiger partial charge in [-0.25, -0.2) is 17.9 Å². The molecule has 0 radical (unpaired) electrons. The maximum atomic E-state index is 12.5. The number of rotatable bonds is 9. The molecule has 0 amide bonds. The van der Waals surface area contributed by atoms with Crippen LogP contribution in [0.15, 0.2) is 23.1 Å². The summed E-state index contributed by atoms with van der Waals surface area (Å²) >= 11 is 0. The molecule has 124 valence electrons. The third kappa shape index (κ3) is 4.99. The van der Waals surface area contributed by atoms with E-state index >= 15 is 0 Å². The van der Waals surface area contributed by atoms with Crippen LogP contribution in [-0.4, -0.2) is 32.1 Å².